The first-order valence-corrected chi connectivity index (χ1v) is 10.3. The molecule has 0 unspecified atom stereocenters. The number of hydrogen-bond donors (Lipinski definition) is 1. The molecule has 6 nitrogen and oxygen atoms in total. The van der Waals surface area contributed by atoms with Crippen molar-refractivity contribution < 1.29 is 14.7 Å². The molecule has 2 fully saturated rings. The average molecular weight is 481 g/mol. The number of amides is 1. The van der Waals surface area contributed by atoms with Gasteiger partial charge in [-0.05, 0) is 80.2 Å². The lowest BCUT2D eigenvalue weighted by atomic mass is 10.0. The van der Waals surface area contributed by atoms with Crippen LogP contribution in [0.5, 0.6) is 0 Å². The molecular formula is C20H24IN3O3. The molecule has 1 spiro atoms. The van der Waals surface area contributed by atoms with Crippen molar-refractivity contribution in [2.45, 2.75) is 51.7 Å². The Morgan fingerprint density at radius 3 is 2.56 bits per heavy atom. The van der Waals surface area contributed by atoms with Crippen LogP contribution in [-0.4, -0.2) is 38.1 Å². The zero-order valence-corrected chi connectivity index (χ0v) is 17.9. The van der Waals surface area contributed by atoms with Crippen LogP contribution in [0.15, 0.2) is 30.5 Å². The van der Waals surface area contributed by atoms with E-state index in [1.54, 1.807) is 11.1 Å². The van der Waals surface area contributed by atoms with Crippen LogP contribution in [0.3, 0.4) is 0 Å². The number of ether oxygens (including phenoxy) is 1. The van der Waals surface area contributed by atoms with Crippen LogP contribution < -0.4 is 0 Å². The van der Waals surface area contributed by atoms with Gasteiger partial charge >= 0.3 is 6.09 Å². The Labute approximate surface area is 172 Å². The van der Waals surface area contributed by atoms with Gasteiger partial charge in [-0.25, -0.2) is 9.78 Å². The van der Waals surface area contributed by atoms with E-state index in [0.29, 0.717) is 18.1 Å². The SMILES string of the molecule is CC(C)(C)OC(=O)N1CC2(CC2)C[C@H]1c1nc(-c2ccc(I)cc2)cn1O. The maximum atomic E-state index is 12.8. The van der Waals surface area contributed by atoms with E-state index in [1.807, 2.05) is 45.0 Å². The summed E-state index contributed by atoms with van der Waals surface area (Å²) in [5.74, 6) is 0.498. The first-order chi connectivity index (χ1) is 12.7. The van der Waals surface area contributed by atoms with Crippen molar-refractivity contribution in [2.75, 3.05) is 6.54 Å². The van der Waals surface area contributed by atoms with E-state index < -0.39 is 5.60 Å². The van der Waals surface area contributed by atoms with Gasteiger partial charge in [0.25, 0.3) is 0 Å². The molecule has 0 bridgehead atoms. The van der Waals surface area contributed by atoms with Crippen LogP contribution in [0.4, 0.5) is 4.79 Å². The number of aromatic nitrogens is 2. The Bertz CT molecular complexity index is 866. The highest BCUT2D eigenvalue weighted by Crippen LogP contribution is 2.58. The van der Waals surface area contributed by atoms with Crippen molar-refractivity contribution in [2.24, 2.45) is 5.41 Å². The number of imidazole rings is 1. The lowest BCUT2D eigenvalue weighted by molar-refractivity contribution is 0.0194. The predicted octanol–water partition coefficient (Wildman–Crippen LogP) is 4.85. The van der Waals surface area contributed by atoms with Crippen molar-refractivity contribution >= 4 is 28.7 Å². The summed E-state index contributed by atoms with van der Waals surface area (Å²) in [5, 5.41) is 10.5. The van der Waals surface area contributed by atoms with E-state index >= 15 is 0 Å². The Morgan fingerprint density at radius 1 is 1.30 bits per heavy atom. The highest BCUT2D eigenvalue weighted by Gasteiger charge is 2.55. The van der Waals surface area contributed by atoms with E-state index in [9.17, 15) is 10.0 Å². The monoisotopic (exact) mass is 481 g/mol. The van der Waals surface area contributed by atoms with Crippen LogP contribution in [0.25, 0.3) is 11.3 Å². The molecule has 1 aliphatic carbocycles. The number of likely N-dealkylation sites (tertiary alicyclic amines) is 1. The standard InChI is InChI=1S/C20H24IN3O3/c1-19(2,3)27-18(25)23-12-20(8-9-20)10-16(23)17-22-15(11-24(17)26)13-4-6-14(21)7-5-13/h4-7,11,16,26H,8-10,12H2,1-3H3/t16-/m0/s1. The van der Waals surface area contributed by atoms with Crippen molar-refractivity contribution in [3.8, 4) is 11.3 Å². The van der Waals surface area contributed by atoms with Gasteiger partial charge in [0.15, 0.2) is 5.82 Å². The second kappa shape index (κ2) is 6.39. The van der Waals surface area contributed by atoms with Crippen LogP contribution >= 0.6 is 22.6 Å². The van der Waals surface area contributed by atoms with Crippen LogP contribution in [0.2, 0.25) is 0 Å². The van der Waals surface area contributed by atoms with Crippen LogP contribution in [0.1, 0.15) is 51.9 Å². The first-order valence-electron chi connectivity index (χ1n) is 9.20. The summed E-state index contributed by atoms with van der Waals surface area (Å²) in [6, 6.07) is 7.71. The summed E-state index contributed by atoms with van der Waals surface area (Å²) in [4.78, 5) is 19.2. The third-order valence-corrected chi connectivity index (χ3v) is 5.96. The highest BCUT2D eigenvalue weighted by atomic mass is 127. The fourth-order valence-electron chi connectivity index (χ4n) is 3.71. The third-order valence-electron chi connectivity index (χ3n) is 5.25. The predicted molar refractivity (Wildman–Crippen MR) is 110 cm³/mol. The molecule has 1 aromatic heterocycles. The molecule has 1 atom stereocenters. The van der Waals surface area contributed by atoms with Crippen molar-refractivity contribution in [1.29, 1.82) is 0 Å². The van der Waals surface area contributed by atoms with E-state index in [0.717, 1.165) is 33.1 Å². The molecule has 1 saturated heterocycles. The van der Waals surface area contributed by atoms with Crippen molar-refractivity contribution in [3.63, 3.8) is 0 Å². The summed E-state index contributed by atoms with van der Waals surface area (Å²) in [6.45, 7) is 6.26. The lowest BCUT2D eigenvalue weighted by Crippen LogP contribution is -2.37. The molecule has 27 heavy (non-hydrogen) atoms. The fourth-order valence-corrected chi connectivity index (χ4v) is 4.07. The Morgan fingerprint density at radius 2 is 1.96 bits per heavy atom. The summed E-state index contributed by atoms with van der Waals surface area (Å²) < 4.78 is 7.81. The van der Waals surface area contributed by atoms with Gasteiger partial charge in [-0.1, -0.05) is 12.1 Å². The van der Waals surface area contributed by atoms with Gasteiger partial charge in [0.1, 0.15) is 5.60 Å². The normalized spacial score (nSPS) is 20.9. The average Bonchev–Trinajstić information content (AvgIpc) is 3.04. The Kier molecular flexibility index (Phi) is 4.40. The summed E-state index contributed by atoms with van der Waals surface area (Å²) in [7, 11) is 0. The van der Waals surface area contributed by atoms with E-state index in [-0.39, 0.29) is 17.6 Å². The number of rotatable bonds is 2. The Hall–Kier alpha value is -1.77. The number of hydrogen-bond acceptors (Lipinski definition) is 4. The molecule has 144 valence electrons. The second-order valence-electron chi connectivity index (χ2n) is 8.66. The zero-order valence-electron chi connectivity index (χ0n) is 15.8. The van der Waals surface area contributed by atoms with E-state index in [1.165, 1.54) is 0 Å². The number of carbonyl (C=O) groups is 1. The fraction of sp³-hybridized carbons (Fsp3) is 0.500. The molecule has 1 amide bonds. The molecule has 7 heteroatoms. The van der Waals surface area contributed by atoms with Gasteiger partial charge in [-0.15, -0.1) is 0 Å². The van der Waals surface area contributed by atoms with Gasteiger partial charge in [-0.2, -0.15) is 4.73 Å². The van der Waals surface area contributed by atoms with E-state index in [2.05, 4.69) is 27.6 Å². The molecule has 1 aliphatic heterocycles. The maximum Gasteiger partial charge on any atom is 0.410 e. The molecular weight excluding hydrogens is 457 g/mol. The molecule has 1 aromatic carbocycles. The van der Waals surface area contributed by atoms with Crippen LogP contribution in [0, 0.1) is 8.99 Å². The summed E-state index contributed by atoms with van der Waals surface area (Å²) >= 11 is 2.26. The maximum absolute atomic E-state index is 12.8. The summed E-state index contributed by atoms with van der Waals surface area (Å²) in [5.41, 5.74) is 1.25. The van der Waals surface area contributed by atoms with Gasteiger partial charge in [-0.3, -0.25) is 4.90 Å². The minimum atomic E-state index is -0.554. The highest BCUT2D eigenvalue weighted by molar-refractivity contribution is 14.1. The van der Waals surface area contributed by atoms with Crippen molar-refractivity contribution in [1.82, 2.24) is 14.6 Å². The second-order valence-corrected chi connectivity index (χ2v) is 9.91. The van der Waals surface area contributed by atoms with Gasteiger partial charge in [0.05, 0.1) is 17.9 Å². The quantitative estimate of drug-likeness (QED) is 0.492. The minimum Gasteiger partial charge on any atom is -0.444 e. The lowest BCUT2D eigenvalue weighted by Gasteiger charge is -2.28. The van der Waals surface area contributed by atoms with Crippen molar-refractivity contribution in [3.05, 3.63) is 39.9 Å². The minimum absolute atomic E-state index is 0.163. The summed E-state index contributed by atoms with van der Waals surface area (Å²) in [6.07, 6.45) is 4.31. The topological polar surface area (TPSA) is 67.6 Å². The molecule has 1 saturated carbocycles. The van der Waals surface area contributed by atoms with E-state index in [4.69, 9.17) is 4.74 Å². The largest absolute Gasteiger partial charge is 0.444 e. The molecule has 2 heterocycles. The van der Waals surface area contributed by atoms with Gasteiger partial charge in [0, 0.05) is 15.7 Å². The number of nitrogens with zero attached hydrogens (tertiary/aromatic N) is 3. The molecule has 4 rings (SSSR count). The third kappa shape index (κ3) is 3.79. The molecule has 2 aliphatic rings. The smallest absolute Gasteiger partial charge is 0.410 e. The van der Waals surface area contributed by atoms with Crippen LogP contribution in [-0.2, 0) is 4.74 Å². The number of halogens is 1. The van der Waals surface area contributed by atoms with Gasteiger partial charge < -0.3 is 9.94 Å². The molecule has 2 aromatic rings. The Balaban J connectivity index is 1.64. The molecule has 1 N–H and O–H groups in total. The zero-order chi connectivity index (χ0) is 19.4. The number of benzene rings is 1. The molecule has 0 radical (unpaired) electrons. The van der Waals surface area contributed by atoms with Gasteiger partial charge in [0.2, 0.25) is 0 Å². The first kappa shape index (κ1) is 18.6. The number of carbonyl (C=O) groups excluding carboxylic acids is 1.